The minimum Gasteiger partial charge on any atom is -0.497 e. The molecular weight excluding hydrogens is 438 g/mol. The van der Waals surface area contributed by atoms with Gasteiger partial charge in [-0.15, -0.1) is 12.4 Å². The van der Waals surface area contributed by atoms with Gasteiger partial charge in [0.1, 0.15) is 17.7 Å². The lowest BCUT2D eigenvalue weighted by Crippen LogP contribution is -2.51. The average molecular weight is 465 g/mol. The smallest absolute Gasteiger partial charge is 0.324 e. The third-order valence-corrected chi connectivity index (χ3v) is 5.60. The second kappa shape index (κ2) is 10.7. The summed E-state index contributed by atoms with van der Waals surface area (Å²) in [7, 11) is 3.53. The van der Waals surface area contributed by atoms with Gasteiger partial charge in [-0.25, -0.2) is 8.78 Å². The Morgan fingerprint density at radius 1 is 1.12 bits per heavy atom. The fourth-order valence-corrected chi connectivity index (χ4v) is 3.87. The molecule has 32 heavy (non-hydrogen) atoms. The molecule has 0 N–H and O–H groups in total. The van der Waals surface area contributed by atoms with Gasteiger partial charge >= 0.3 is 6.01 Å². The molecule has 0 spiro atoms. The first-order chi connectivity index (χ1) is 15.0. The number of piperidine rings is 1. The maximum Gasteiger partial charge on any atom is 0.324 e. The lowest BCUT2D eigenvalue weighted by atomic mass is 10.0. The second-order valence-electron chi connectivity index (χ2n) is 7.91. The highest BCUT2D eigenvalue weighted by Gasteiger charge is 2.35. The van der Waals surface area contributed by atoms with Crippen LogP contribution in [0.25, 0.3) is 0 Å². The first kappa shape index (κ1) is 23.9. The topological polar surface area (TPSA) is 54.6 Å². The van der Waals surface area contributed by atoms with Crippen LogP contribution in [-0.2, 0) is 13.0 Å². The first-order valence-electron chi connectivity index (χ1n) is 10.3. The Hall–Kier alpha value is -2.71. The van der Waals surface area contributed by atoms with Crippen molar-refractivity contribution in [2.24, 2.45) is 0 Å². The van der Waals surface area contributed by atoms with Crippen LogP contribution in [0.5, 0.6) is 5.75 Å². The Balaban J connectivity index is 0.00000289. The molecule has 1 fully saturated rings. The van der Waals surface area contributed by atoms with Gasteiger partial charge in [-0.05, 0) is 48.9 Å². The average Bonchev–Trinajstić information content (AvgIpc) is 3.22. The second-order valence-corrected chi connectivity index (χ2v) is 7.91. The van der Waals surface area contributed by atoms with Crippen molar-refractivity contribution in [1.29, 1.82) is 0 Å². The molecule has 0 amide bonds. The number of ether oxygens (including phenoxy) is 1. The van der Waals surface area contributed by atoms with Crippen molar-refractivity contribution in [2.45, 2.75) is 31.6 Å². The monoisotopic (exact) mass is 464 g/mol. The number of rotatable bonds is 7. The van der Waals surface area contributed by atoms with Crippen LogP contribution in [-0.4, -0.2) is 54.5 Å². The predicted molar refractivity (Wildman–Crippen MR) is 121 cm³/mol. The van der Waals surface area contributed by atoms with Crippen molar-refractivity contribution < 1.29 is 18.0 Å². The molecular formula is C23H27ClF2N4O2. The zero-order chi connectivity index (χ0) is 21.8. The van der Waals surface area contributed by atoms with Gasteiger partial charge in [0.2, 0.25) is 0 Å². The highest BCUT2D eigenvalue weighted by atomic mass is 35.5. The van der Waals surface area contributed by atoms with E-state index in [2.05, 4.69) is 10.1 Å². The van der Waals surface area contributed by atoms with Crippen molar-refractivity contribution in [3.05, 3.63) is 71.3 Å². The molecule has 1 aliphatic heterocycles. The fourth-order valence-electron chi connectivity index (χ4n) is 3.87. The molecule has 2 aromatic carbocycles. The third kappa shape index (κ3) is 5.75. The summed E-state index contributed by atoms with van der Waals surface area (Å²) in [5.41, 5.74) is 1.86. The molecule has 4 rings (SSSR count). The molecule has 1 aromatic heterocycles. The number of hydrogen-bond acceptors (Lipinski definition) is 6. The van der Waals surface area contributed by atoms with E-state index in [1.54, 1.807) is 19.2 Å². The summed E-state index contributed by atoms with van der Waals surface area (Å²) >= 11 is 0. The number of methoxy groups -OCH3 is 1. The minimum atomic E-state index is -1.06. The van der Waals surface area contributed by atoms with Crippen molar-refractivity contribution >= 4 is 18.4 Å². The van der Waals surface area contributed by atoms with E-state index in [4.69, 9.17) is 9.26 Å². The largest absolute Gasteiger partial charge is 0.497 e. The molecule has 2 atom stereocenters. The Morgan fingerprint density at radius 2 is 1.81 bits per heavy atom. The number of hydrogen-bond donors (Lipinski definition) is 0. The highest BCUT2D eigenvalue weighted by molar-refractivity contribution is 5.85. The maximum absolute atomic E-state index is 15.0. The van der Waals surface area contributed by atoms with E-state index >= 15 is 0 Å². The summed E-state index contributed by atoms with van der Waals surface area (Å²) in [6.45, 7) is 1.48. The zero-order valence-corrected chi connectivity index (χ0v) is 18.9. The molecule has 0 saturated carbocycles. The number of benzene rings is 2. The predicted octanol–water partition coefficient (Wildman–Crippen LogP) is 4.28. The van der Waals surface area contributed by atoms with Crippen LogP contribution in [0.1, 0.15) is 23.4 Å². The molecule has 1 aliphatic rings. The number of likely N-dealkylation sites (tertiary alicyclic amines) is 1. The summed E-state index contributed by atoms with van der Waals surface area (Å²) < 4.78 is 39.1. The molecule has 1 saturated heterocycles. The van der Waals surface area contributed by atoms with Gasteiger partial charge in [-0.3, -0.25) is 0 Å². The molecule has 0 radical (unpaired) electrons. The van der Waals surface area contributed by atoms with Crippen LogP contribution in [0, 0.1) is 5.82 Å². The summed E-state index contributed by atoms with van der Waals surface area (Å²) in [5, 5.41) is 4.11. The number of aromatic nitrogens is 2. The van der Waals surface area contributed by atoms with E-state index < -0.39 is 12.2 Å². The fraction of sp³-hybridized carbons (Fsp3) is 0.391. The third-order valence-electron chi connectivity index (χ3n) is 5.60. The summed E-state index contributed by atoms with van der Waals surface area (Å²) in [5.74, 6) is 0.990. The van der Waals surface area contributed by atoms with Crippen LogP contribution in [0.2, 0.25) is 0 Å². The molecule has 3 aromatic rings. The normalized spacial score (nSPS) is 18.8. The van der Waals surface area contributed by atoms with Crippen molar-refractivity contribution in [2.75, 3.05) is 32.1 Å². The van der Waals surface area contributed by atoms with Gasteiger partial charge < -0.3 is 19.1 Å². The van der Waals surface area contributed by atoms with E-state index in [1.807, 2.05) is 41.1 Å². The zero-order valence-electron chi connectivity index (χ0n) is 18.1. The van der Waals surface area contributed by atoms with Crippen molar-refractivity contribution in [3.63, 3.8) is 0 Å². The number of anilines is 1. The first-order valence-corrected chi connectivity index (χ1v) is 10.3. The van der Waals surface area contributed by atoms with E-state index in [0.717, 1.165) is 23.4 Å². The van der Waals surface area contributed by atoms with Gasteiger partial charge in [-0.1, -0.05) is 29.4 Å². The summed E-state index contributed by atoms with van der Waals surface area (Å²) in [6.07, 6.45) is 0.0653. The summed E-state index contributed by atoms with van der Waals surface area (Å²) in [4.78, 5) is 8.34. The molecule has 9 heteroatoms. The Labute approximate surface area is 192 Å². The maximum atomic E-state index is 15.0. The van der Waals surface area contributed by atoms with Crippen LogP contribution in [0.15, 0.2) is 53.1 Å². The van der Waals surface area contributed by atoms with Crippen LogP contribution in [0.3, 0.4) is 0 Å². The van der Waals surface area contributed by atoms with Gasteiger partial charge in [0, 0.05) is 26.1 Å². The van der Waals surface area contributed by atoms with Crippen molar-refractivity contribution in [1.82, 2.24) is 15.0 Å². The highest BCUT2D eigenvalue weighted by Crippen LogP contribution is 2.27. The lowest BCUT2D eigenvalue weighted by molar-refractivity contribution is 0.132. The molecule has 6 nitrogen and oxygen atoms in total. The molecule has 172 valence electrons. The van der Waals surface area contributed by atoms with Gasteiger partial charge in [-0.2, -0.15) is 4.98 Å². The van der Waals surface area contributed by atoms with Gasteiger partial charge in [0.15, 0.2) is 5.82 Å². The van der Waals surface area contributed by atoms with Gasteiger partial charge in [0.05, 0.1) is 13.2 Å². The quantitative estimate of drug-likeness (QED) is 0.520. The Morgan fingerprint density at radius 3 is 2.47 bits per heavy atom. The molecule has 0 unspecified atom stereocenters. The number of alkyl halides is 1. The SMILES string of the molecule is COc1ccc(Cc2noc(N(Cc3ccc(F)cc3)[C@H]3CCN(C)C[C@H]3F)n2)cc1.Cl. The Bertz CT molecular complexity index is 984. The molecule has 0 aliphatic carbocycles. The Kier molecular flexibility index (Phi) is 8.04. The van der Waals surface area contributed by atoms with Crippen LogP contribution < -0.4 is 9.64 Å². The van der Waals surface area contributed by atoms with E-state index in [1.165, 1.54) is 12.1 Å². The standard InChI is InChI=1S/C23H26F2N4O2.ClH/c1-28-12-11-21(20(25)15-28)29(14-17-3-7-18(24)8-4-17)23-26-22(27-31-23)13-16-5-9-19(30-2)10-6-16;/h3-10,20-21H,11-15H2,1-2H3;1H/t20-,21+;/m1./s1. The van der Waals surface area contributed by atoms with Crippen molar-refractivity contribution in [3.8, 4) is 5.75 Å². The lowest BCUT2D eigenvalue weighted by Gasteiger charge is -2.38. The van der Waals surface area contributed by atoms with Gasteiger partial charge in [0.25, 0.3) is 0 Å². The number of halogens is 3. The van der Waals surface area contributed by atoms with Crippen LogP contribution in [0.4, 0.5) is 14.8 Å². The van der Waals surface area contributed by atoms with E-state index in [0.29, 0.717) is 31.8 Å². The summed E-state index contributed by atoms with van der Waals surface area (Å²) in [6, 6.07) is 13.7. The molecule has 0 bridgehead atoms. The minimum absolute atomic E-state index is 0. The van der Waals surface area contributed by atoms with E-state index in [-0.39, 0.29) is 24.2 Å². The van der Waals surface area contributed by atoms with Crippen LogP contribution >= 0.6 is 12.4 Å². The van der Waals surface area contributed by atoms with E-state index in [9.17, 15) is 8.78 Å². The number of nitrogens with zero attached hydrogens (tertiary/aromatic N) is 4. The molecule has 2 heterocycles.